The monoisotopic (exact) mass is 652 g/mol. The van der Waals surface area contributed by atoms with E-state index >= 15 is 0 Å². The van der Waals surface area contributed by atoms with Crippen LogP contribution in [0.3, 0.4) is 0 Å². The Morgan fingerprint density at radius 3 is 0.579 bits per heavy atom. The predicted molar refractivity (Wildman–Crippen MR) is 201 cm³/mol. The van der Waals surface area contributed by atoms with E-state index in [1.165, 1.54) is 21.1 Å². The maximum atomic E-state index is 4.55. The molecular formula is C31H71Al3S4. The number of hydrogen-bond donors (Lipinski definition) is 0. The molecule has 0 spiro atoms. The van der Waals surface area contributed by atoms with Crippen molar-refractivity contribution in [3.63, 3.8) is 0 Å². The fourth-order valence-corrected chi connectivity index (χ4v) is 4.58. The zero-order valence-electron chi connectivity index (χ0n) is 28.7. The van der Waals surface area contributed by atoms with E-state index in [9.17, 15) is 0 Å². The normalized spacial score (nSPS) is 9.08. The van der Waals surface area contributed by atoms with Gasteiger partial charge in [-0.15, -0.1) is 0 Å². The zero-order valence-corrected chi connectivity index (χ0v) is 35.5. The van der Waals surface area contributed by atoms with Crippen LogP contribution in [0.25, 0.3) is 0 Å². The van der Waals surface area contributed by atoms with E-state index in [4.69, 9.17) is 0 Å². The fourth-order valence-electron chi connectivity index (χ4n) is 1.53. The molecule has 0 aromatic heterocycles. The first-order valence-corrected chi connectivity index (χ1v) is 21.6. The predicted octanol–water partition coefficient (Wildman–Crippen LogP) is 10.4. The Kier molecular flexibility index (Phi) is 88.7. The van der Waals surface area contributed by atoms with Gasteiger partial charge in [0.15, 0.2) is 0 Å². The summed E-state index contributed by atoms with van der Waals surface area (Å²) in [7, 11) is 0. The van der Waals surface area contributed by atoms with Crippen molar-refractivity contribution >= 4 is 97.2 Å². The molecule has 0 aromatic rings. The van der Waals surface area contributed by atoms with Crippen LogP contribution in [0.4, 0.5) is 0 Å². The van der Waals surface area contributed by atoms with Crippen molar-refractivity contribution in [1.82, 2.24) is 0 Å². The molecular weight excluding hydrogens is 582 g/mol. The first kappa shape index (κ1) is 56.7. The molecule has 0 N–H and O–H groups in total. The van der Waals surface area contributed by atoms with E-state index < -0.39 is 0 Å². The Hall–Kier alpha value is 3.00. The molecule has 0 fully saturated rings. The third kappa shape index (κ3) is 156. The van der Waals surface area contributed by atoms with E-state index in [0.717, 1.165) is 108 Å². The summed E-state index contributed by atoms with van der Waals surface area (Å²) in [4.78, 5) is 0. The molecule has 0 heterocycles. The molecule has 0 saturated heterocycles. The van der Waals surface area contributed by atoms with Crippen LogP contribution in [-0.4, -0.2) is 69.7 Å². The molecule has 0 saturated carbocycles. The Morgan fingerprint density at radius 2 is 0.526 bits per heavy atom. The van der Waals surface area contributed by atoms with Gasteiger partial charge in [0.25, 0.3) is 0 Å². The summed E-state index contributed by atoms with van der Waals surface area (Å²) >= 11 is 22.4. The van der Waals surface area contributed by atoms with Gasteiger partial charge in [-0.2, -0.15) is 23.0 Å². The molecule has 0 unspecified atom stereocenters. The molecule has 0 rings (SSSR count). The van der Waals surface area contributed by atoms with Crippen molar-refractivity contribution < 1.29 is 0 Å². The summed E-state index contributed by atoms with van der Waals surface area (Å²) in [6.45, 7) is 31.1. The molecule has 0 atom stereocenters. The first-order valence-electron chi connectivity index (χ1n) is 15.4. The Morgan fingerprint density at radius 1 is 0.421 bits per heavy atom. The molecule has 0 aliphatic heterocycles. The van der Waals surface area contributed by atoms with Crippen LogP contribution >= 0.6 is 0 Å². The van der Waals surface area contributed by atoms with E-state index in [2.05, 4.69) is 164 Å². The third-order valence-electron chi connectivity index (χ3n) is 3.37. The van der Waals surface area contributed by atoms with Gasteiger partial charge in [0.1, 0.15) is 0 Å². The average Bonchev–Trinajstić information content (AvgIpc) is 2.83. The van der Waals surface area contributed by atoms with Gasteiger partial charge < -0.3 is 50.5 Å². The fraction of sp³-hybridized carbons (Fsp3) is 1.00. The molecule has 7 heteroatoms. The van der Waals surface area contributed by atoms with E-state index in [1.54, 1.807) is 0 Å². The molecule has 0 amide bonds. The minimum absolute atomic E-state index is 0.750. The Balaban J connectivity index is -0.0000000616. The van der Waals surface area contributed by atoms with Crippen LogP contribution < -0.4 is 0 Å². The minimum atomic E-state index is 0.750. The van der Waals surface area contributed by atoms with Gasteiger partial charge in [0.05, 0.1) is 0 Å². The van der Waals surface area contributed by atoms with Crippen molar-refractivity contribution in [3.8, 4) is 0 Å². The summed E-state index contributed by atoms with van der Waals surface area (Å²) in [5.74, 6) is 7.33. The summed E-state index contributed by atoms with van der Waals surface area (Å²) in [6.07, 6.45) is 4.54. The van der Waals surface area contributed by atoms with Crippen LogP contribution in [-0.2, 0) is 50.5 Å². The van der Waals surface area contributed by atoms with Gasteiger partial charge in [0.2, 0.25) is 0 Å². The van der Waals surface area contributed by atoms with E-state index in [-0.39, 0.29) is 0 Å². The summed E-state index contributed by atoms with van der Waals surface area (Å²) in [6, 6.07) is 0. The summed E-state index contributed by atoms with van der Waals surface area (Å²) in [5, 5.41) is 5.94. The quantitative estimate of drug-likeness (QED) is 0.152. The van der Waals surface area contributed by atoms with Crippen LogP contribution in [0.1, 0.15) is 123 Å². The third-order valence-corrected chi connectivity index (χ3v) is 10.1. The van der Waals surface area contributed by atoms with Crippen molar-refractivity contribution in [1.29, 1.82) is 0 Å². The molecule has 0 nitrogen and oxygen atoms in total. The van der Waals surface area contributed by atoms with Crippen molar-refractivity contribution in [2.45, 2.75) is 149 Å². The second-order valence-corrected chi connectivity index (χ2v) is 17.2. The van der Waals surface area contributed by atoms with Gasteiger partial charge in [-0.25, -0.2) is 0 Å². The second kappa shape index (κ2) is 59.4. The second-order valence-electron chi connectivity index (χ2n) is 11.2. The Bertz CT molecular complexity index is 244. The van der Waals surface area contributed by atoms with Gasteiger partial charge in [-0.3, -0.25) is 0 Å². The molecule has 38 heavy (non-hydrogen) atoms. The summed E-state index contributed by atoms with van der Waals surface area (Å²) < 4.78 is 0.750. The van der Waals surface area contributed by atoms with Crippen molar-refractivity contribution in [3.05, 3.63) is 0 Å². The molecule has 0 bridgehead atoms. The zero-order chi connectivity index (χ0) is 31.8. The molecule has 228 valence electrons. The van der Waals surface area contributed by atoms with Gasteiger partial charge >= 0.3 is 166 Å². The molecule has 0 aliphatic carbocycles. The van der Waals surface area contributed by atoms with Gasteiger partial charge in [-0.05, 0) is 0 Å². The van der Waals surface area contributed by atoms with Gasteiger partial charge in [0, 0.05) is 0 Å². The molecule has 0 radical (unpaired) electrons. The number of rotatable bonds is 12. The van der Waals surface area contributed by atoms with Crippen LogP contribution in [0, 0.1) is 23.7 Å². The van der Waals surface area contributed by atoms with Crippen molar-refractivity contribution in [2.24, 2.45) is 23.7 Å². The van der Waals surface area contributed by atoms with Crippen LogP contribution in [0.5, 0.6) is 0 Å². The number of hydrogen-bond acceptors (Lipinski definition) is 4. The standard InChI is InChI=1S/4C4H9.4C3H8S.C3H7.3Al/c4*1-4(2)3;4*1-2-3-4;1-3-2;;;/h4*4H,1H2,2-3H3;4*4H,2-3H2,1H3;3H,1-2H3;;;/q;;;;;;;;;2*+1;+2/p-4. The van der Waals surface area contributed by atoms with E-state index in [1.807, 2.05) is 0 Å². The maximum absolute atomic E-state index is 4.55. The Labute approximate surface area is 289 Å². The van der Waals surface area contributed by atoms with Gasteiger partial charge in [-0.1, -0.05) is 53.4 Å². The summed E-state index contributed by atoms with van der Waals surface area (Å²) in [5.41, 5.74) is 0. The van der Waals surface area contributed by atoms with Crippen molar-refractivity contribution in [2.75, 3.05) is 23.0 Å². The molecule has 0 aliphatic rings. The molecule has 0 aromatic carbocycles. The van der Waals surface area contributed by atoms with Crippen LogP contribution in [0.2, 0.25) is 25.9 Å². The SMILES string of the molecule is CC(C)[CH2][Al+][CH2]C(C)C.CC(C)[CH2][Al+][CH2]C(C)C.CCC[S-].CCC[S-].CCC[S-].CCC[S-].C[CH](C)[Al+2]. The first-order chi connectivity index (χ1) is 17.6. The average molecular weight is 653 g/mol. The topological polar surface area (TPSA) is 0 Å². The van der Waals surface area contributed by atoms with E-state index in [0.29, 0.717) is 0 Å². The van der Waals surface area contributed by atoms with Crippen LogP contribution in [0.15, 0.2) is 0 Å².